The lowest BCUT2D eigenvalue weighted by atomic mass is 10.2. The third-order valence-electron chi connectivity index (χ3n) is 4.61. The van der Waals surface area contributed by atoms with E-state index in [1.54, 1.807) is 15.8 Å². The number of rotatable bonds is 3. The summed E-state index contributed by atoms with van der Waals surface area (Å²) in [5, 5.41) is 9.38. The Labute approximate surface area is 144 Å². The molecule has 25 heavy (non-hydrogen) atoms. The summed E-state index contributed by atoms with van der Waals surface area (Å²) in [6.07, 6.45) is 3.69. The molecule has 2 aromatic heterocycles. The van der Waals surface area contributed by atoms with E-state index in [4.69, 9.17) is 0 Å². The number of hydrogen-bond donors (Lipinski definition) is 0. The Hall–Kier alpha value is -2.96. The Kier molecular flexibility index (Phi) is 3.83. The Morgan fingerprint density at radius 3 is 2.60 bits per heavy atom. The lowest BCUT2D eigenvalue weighted by Gasteiger charge is -2.16. The summed E-state index contributed by atoms with van der Waals surface area (Å²) in [5.41, 5.74) is 1.64. The van der Waals surface area contributed by atoms with E-state index in [9.17, 15) is 9.59 Å². The molecule has 0 atom stereocenters. The summed E-state index contributed by atoms with van der Waals surface area (Å²) in [6.45, 7) is 3.32. The van der Waals surface area contributed by atoms with E-state index < -0.39 is 0 Å². The molecule has 128 valence electrons. The Morgan fingerprint density at radius 2 is 1.88 bits per heavy atom. The van der Waals surface area contributed by atoms with Crippen LogP contribution in [0.5, 0.6) is 0 Å². The van der Waals surface area contributed by atoms with Crippen LogP contribution in [-0.4, -0.2) is 43.5 Å². The second-order valence-corrected chi connectivity index (χ2v) is 6.29. The Morgan fingerprint density at radius 1 is 1.16 bits per heavy atom. The average Bonchev–Trinajstić information content (AvgIpc) is 3.30. The van der Waals surface area contributed by atoms with Gasteiger partial charge in [-0.2, -0.15) is 10.2 Å². The molecule has 7 heteroatoms. The first-order chi connectivity index (χ1) is 12.1. The van der Waals surface area contributed by atoms with Crippen LogP contribution in [0.3, 0.4) is 0 Å². The van der Waals surface area contributed by atoms with Crippen molar-refractivity contribution in [1.29, 1.82) is 0 Å². The Bertz CT molecular complexity index is 984. The first kappa shape index (κ1) is 15.6. The number of hydrogen-bond acceptors (Lipinski definition) is 4. The predicted molar refractivity (Wildman–Crippen MR) is 93.7 cm³/mol. The van der Waals surface area contributed by atoms with Crippen molar-refractivity contribution >= 4 is 16.8 Å². The molecule has 0 aliphatic carbocycles. The molecule has 0 bridgehead atoms. The van der Waals surface area contributed by atoms with Gasteiger partial charge in [0.25, 0.3) is 5.56 Å². The molecule has 0 spiro atoms. The highest BCUT2D eigenvalue weighted by molar-refractivity contribution is 5.82. The summed E-state index contributed by atoms with van der Waals surface area (Å²) in [5.74, 6) is -0.0587. The zero-order valence-electron chi connectivity index (χ0n) is 14.1. The average molecular weight is 337 g/mol. The van der Waals surface area contributed by atoms with Crippen molar-refractivity contribution in [1.82, 2.24) is 24.5 Å². The molecule has 1 aromatic carbocycles. The second kappa shape index (κ2) is 6.16. The van der Waals surface area contributed by atoms with Gasteiger partial charge in [0.05, 0.1) is 17.6 Å². The fraction of sp³-hybridized carbons (Fsp3) is 0.333. The zero-order chi connectivity index (χ0) is 17.4. The van der Waals surface area contributed by atoms with Gasteiger partial charge in [0.2, 0.25) is 5.91 Å². The van der Waals surface area contributed by atoms with E-state index in [1.165, 1.54) is 4.68 Å². The molecule has 1 aliphatic rings. The molecule has 4 rings (SSSR count). The molecule has 0 unspecified atom stereocenters. The van der Waals surface area contributed by atoms with Crippen molar-refractivity contribution in [3.8, 4) is 5.69 Å². The molecule has 0 radical (unpaired) electrons. The van der Waals surface area contributed by atoms with Crippen LogP contribution in [0.25, 0.3) is 16.6 Å². The third kappa shape index (κ3) is 2.71. The quantitative estimate of drug-likeness (QED) is 0.726. The number of benzene rings is 1. The fourth-order valence-corrected chi connectivity index (χ4v) is 3.29. The first-order valence-corrected chi connectivity index (χ1v) is 8.44. The molecular weight excluding hydrogens is 318 g/mol. The van der Waals surface area contributed by atoms with Crippen molar-refractivity contribution in [2.45, 2.75) is 26.3 Å². The predicted octanol–water partition coefficient (Wildman–Crippen LogP) is 1.51. The number of amides is 1. The topological polar surface area (TPSA) is 73.0 Å². The molecule has 1 amide bonds. The van der Waals surface area contributed by atoms with E-state index >= 15 is 0 Å². The van der Waals surface area contributed by atoms with Crippen LogP contribution in [0.15, 0.2) is 41.3 Å². The van der Waals surface area contributed by atoms with Crippen molar-refractivity contribution in [3.63, 3.8) is 0 Å². The summed E-state index contributed by atoms with van der Waals surface area (Å²) >= 11 is 0. The lowest BCUT2D eigenvalue weighted by molar-refractivity contribution is -0.131. The van der Waals surface area contributed by atoms with Gasteiger partial charge in [0.1, 0.15) is 12.1 Å². The minimum absolute atomic E-state index is 0.0322. The van der Waals surface area contributed by atoms with Gasteiger partial charge in [-0.25, -0.2) is 9.36 Å². The molecule has 0 N–H and O–H groups in total. The van der Waals surface area contributed by atoms with Crippen LogP contribution in [0.1, 0.15) is 18.5 Å². The van der Waals surface area contributed by atoms with Crippen molar-refractivity contribution < 1.29 is 4.79 Å². The number of likely N-dealkylation sites (tertiary alicyclic amines) is 1. The largest absolute Gasteiger partial charge is 0.341 e. The number of para-hydroxylation sites is 1. The maximum Gasteiger partial charge on any atom is 0.293 e. The number of aromatic nitrogens is 4. The fourth-order valence-electron chi connectivity index (χ4n) is 3.29. The van der Waals surface area contributed by atoms with E-state index in [-0.39, 0.29) is 18.0 Å². The summed E-state index contributed by atoms with van der Waals surface area (Å²) < 4.78 is 2.88. The number of carbonyl (C=O) groups excluding carboxylic acids is 1. The maximum atomic E-state index is 13.0. The molecule has 1 saturated heterocycles. The standard InChI is InChI=1S/C18H19N5O2/c1-13-15-11-19-23(14-7-3-2-4-8-14)17(15)18(25)22(20-13)12-16(24)21-9-5-6-10-21/h2-4,7-8,11H,5-6,9-10,12H2,1H3. The molecule has 3 heterocycles. The van der Waals surface area contributed by atoms with Gasteiger partial charge in [-0.15, -0.1) is 0 Å². The number of fused-ring (bicyclic) bond motifs is 1. The third-order valence-corrected chi connectivity index (χ3v) is 4.61. The van der Waals surface area contributed by atoms with Crippen LogP contribution in [0, 0.1) is 6.92 Å². The van der Waals surface area contributed by atoms with Gasteiger partial charge in [-0.1, -0.05) is 18.2 Å². The van der Waals surface area contributed by atoms with Gasteiger partial charge in [-0.05, 0) is 31.9 Å². The van der Waals surface area contributed by atoms with Crippen molar-refractivity contribution in [2.24, 2.45) is 0 Å². The molecule has 3 aromatic rings. The van der Waals surface area contributed by atoms with Gasteiger partial charge >= 0.3 is 0 Å². The lowest BCUT2D eigenvalue weighted by Crippen LogP contribution is -2.36. The summed E-state index contributed by atoms with van der Waals surface area (Å²) in [4.78, 5) is 27.2. The summed E-state index contributed by atoms with van der Waals surface area (Å²) in [6, 6.07) is 9.48. The van der Waals surface area contributed by atoms with E-state index in [0.29, 0.717) is 16.6 Å². The van der Waals surface area contributed by atoms with Crippen LogP contribution in [-0.2, 0) is 11.3 Å². The molecular formula is C18H19N5O2. The number of carbonyl (C=O) groups is 1. The van der Waals surface area contributed by atoms with Gasteiger partial charge in [-0.3, -0.25) is 9.59 Å². The molecule has 0 saturated carbocycles. The monoisotopic (exact) mass is 337 g/mol. The normalized spacial score (nSPS) is 14.4. The second-order valence-electron chi connectivity index (χ2n) is 6.29. The highest BCUT2D eigenvalue weighted by Crippen LogP contribution is 2.17. The SMILES string of the molecule is Cc1nn(CC(=O)N2CCCC2)c(=O)c2c1cnn2-c1ccccc1. The van der Waals surface area contributed by atoms with E-state index in [2.05, 4.69) is 10.2 Å². The molecule has 1 fully saturated rings. The van der Waals surface area contributed by atoms with Crippen molar-refractivity contribution in [2.75, 3.05) is 13.1 Å². The Balaban J connectivity index is 1.80. The maximum absolute atomic E-state index is 13.0. The van der Waals surface area contributed by atoms with Crippen LogP contribution >= 0.6 is 0 Å². The van der Waals surface area contributed by atoms with Gasteiger partial charge in [0, 0.05) is 18.5 Å². The van der Waals surface area contributed by atoms with Crippen LogP contribution in [0.2, 0.25) is 0 Å². The van der Waals surface area contributed by atoms with Crippen LogP contribution < -0.4 is 5.56 Å². The minimum atomic E-state index is -0.297. The summed E-state index contributed by atoms with van der Waals surface area (Å²) in [7, 11) is 0. The van der Waals surface area contributed by atoms with Gasteiger partial charge < -0.3 is 4.90 Å². The van der Waals surface area contributed by atoms with E-state index in [0.717, 1.165) is 31.6 Å². The zero-order valence-corrected chi connectivity index (χ0v) is 14.1. The van der Waals surface area contributed by atoms with Gasteiger partial charge in [0.15, 0.2) is 0 Å². The molecule has 1 aliphatic heterocycles. The van der Waals surface area contributed by atoms with Crippen molar-refractivity contribution in [3.05, 3.63) is 52.6 Å². The molecule has 7 nitrogen and oxygen atoms in total. The number of nitrogens with zero attached hydrogens (tertiary/aromatic N) is 5. The highest BCUT2D eigenvalue weighted by Gasteiger charge is 2.21. The smallest absolute Gasteiger partial charge is 0.293 e. The number of aryl methyl sites for hydroxylation is 1. The van der Waals surface area contributed by atoms with E-state index in [1.807, 2.05) is 37.3 Å². The van der Waals surface area contributed by atoms with Crippen LogP contribution in [0.4, 0.5) is 0 Å². The first-order valence-electron chi connectivity index (χ1n) is 8.44. The highest BCUT2D eigenvalue weighted by atomic mass is 16.2. The minimum Gasteiger partial charge on any atom is -0.341 e.